The van der Waals surface area contributed by atoms with Crippen LogP contribution in [0.2, 0.25) is 0 Å². The number of ether oxygens (including phenoxy) is 2. The quantitative estimate of drug-likeness (QED) is 0.798. The highest BCUT2D eigenvalue weighted by atomic mass is 19.1. The molecule has 2 aromatic carbocycles. The molecule has 1 saturated carbocycles. The van der Waals surface area contributed by atoms with Crippen LogP contribution in [0.5, 0.6) is 0 Å². The van der Waals surface area contributed by atoms with E-state index >= 15 is 0 Å². The van der Waals surface area contributed by atoms with Crippen LogP contribution in [0.4, 0.5) is 4.39 Å². The van der Waals surface area contributed by atoms with Crippen LogP contribution >= 0.6 is 0 Å². The molecule has 0 spiro atoms. The second-order valence-corrected chi connectivity index (χ2v) is 6.82. The summed E-state index contributed by atoms with van der Waals surface area (Å²) < 4.78 is 25.6. The van der Waals surface area contributed by atoms with Crippen molar-refractivity contribution in [3.8, 4) is 0 Å². The van der Waals surface area contributed by atoms with Crippen LogP contribution in [0.25, 0.3) is 0 Å². The number of nitrogens with two attached hydrogens (primary N) is 1. The summed E-state index contributed by atoms with van der Waals surface area (Å²) in [7, 11) is 0. The van der Waals surface area contributed by atoms with Gasteiger partial charge >= 0.3 is 0 Å². The van der Waals surface area contributed by atoms with E-state index < -0.39 is 36.9 Å². The Balaban J connectivity index is 1.71. The predicted molar refractivity (Wildman–Crippen MR) is 98.1 cm³/mol. The Morgan fingerprint density at radius 1 is 0.885 bits per heavy atom. The molecule has 0 amide bonds. The molecular formula is C21H26FNO3. The largest absolute Gasteiger partial charge is 0.391 e. The normalized spacial score (nSPS) is 28.8. The first-order chi connectivity index (χ1) is 12.7. The lowest BCUT2D eigenvalue weighted by Crippen LogP contribution is -2.59. The minimum absolute atomic E-state index is 0.280. The molecule has 0 unspecified atom stereocenters. The van der Waals surface area contributed by atoms with Crippen molar-refractivity contribution in [3.63, 3.8) is 0 Å². The molecule has 26 heavy (non-hydrogen) atoms. The fraction of sp³-hybridized carbons (Fsp3) is 0.429. The molecule has 2 aromatic rings. The SMILES string of the molecule is N[C@@H]1[C@@H](OCc2ccccc2)[C@H](OCc2ccccc2)[C@@H](CF)C[C@@H]1O. The Labute approximate surface area is 153 Å². The Morgan fingerprint density at radius 2 is 1.38 bits per heavy atom. The van der Waals surface area contributed by atoms with Crippen LogP contribution in [0, 0.1) is 5.92 Å². The Hall–Kier alpha value is -1.79. The zero-order valence-corrected chi connectivity index (χ0v) is 14.7. The van der Waals surface area contributed by atoms with E-state index in [1.165, 1.54) is 0 Å². The lowest BCUT2D eigenvalue weighted by molar-refractivity contribution is -0.161. The third-order valence-electron chi connectivity index (χ3n) is 4.93. The van der Waals surface area contributed by atoms with Gasteiger partial charge in [0.05, 0.1) is 38.1 Å². The fourth-order valence-electron chi connectivity index (χ4n) is 3.43. The number of benzene rings is 2. The molecule has 5 atom stereocenters. The summed E-state index contributed by atoms with van der Waals surface area (Å²) in [6, 6.07) is 18.8. The van der Waals surface area contributed by atoms with E-state index in [1.807, 2.05) is 60.7 Å². The third-order valence-corrected chi connectivity index (χ3v) is 4.93. The summed E-state index contributed by atoms with van der Waals surface area (Å²) >= 11 is 0. The molecule has 3 rings (SSSR count). The Morgan fingerprint density at radius 3 is 1.88 bits per heavy atom. The molecule has 3 N–H and O–H groups in total. The van der Waals surface area contributed by atoms with Crippen molar-refractivity contribution in [2.24, 2.45) is 11.7 Å². The first-order valence-corrected chi connectivity index (χ1v) is 8.99. The lowest BCUT2D eigenvalue weighted by atomic mass is 9.80. The highest BCUT2D eigenvalue weighted by Crippen LogP contribution is 2.31. The van der Waals surface area contributed by atoms with Crippen LogP contribution < -0.4 is 5.73 Å². The number of hydrogen-bond donors (Lipinski definition) is 2. The van der Waals surface area contributed by atoms with Crippen LogP contribution in [0.3, 0.4) is 0 Å². The number of rotatable bonds is 7. The average molecular weight is 359 g/mol. The fourth-order valence-corrected chi connectivity index (χ4v) is 3.43. The zero-order chi connectivity index (χ0) is 18.4. The highest BCUT2D eigenvalue weighted by molar-refractivity contribution is 5.14. The van der Waals surface area contributed by atoms with Gasteiger partial charge in [0.15, 0.2) is 0 Å². The molecule has 0 saturated heterocycles. The van der Waals surface area contributed by atoms with Gasteiger partial charge in [0.25, 0.3) is 0 Å². The smallest absolute Gasteiger partial charge is 0.102 e. The summed E-state index contributed by atoms with van der Waals surface area (Å²) in [5.41, 5.74) is 8.19. The van der Waals surface area contributed by atoms with Crippen molar-refractivity contribution in [3.05, 3.63) is 71.8 Å². The van der Waals surface area contributed by atoms with Gasteiger partial charge in [0.2, 0.25) is 0 Å². The van der Waals surface area contributed by atoms with Gasteiger partial charge in [-0.05, 0) is 17.5 Å². The van der Waals surface area contributed by atoms with Gasteiger partial charge in [-0.15, -0.1) is 0 Å². The van der Waals surface area contributed by atoms with Crippen LogP contribution in [-0.4, -0.2) is 36.1 Å². The first-order valence-electron chi connectivity index (χ1n) is 8.99. The van der Waals surface area contributed by atoms with Gasteiger partial charge in [-0.3, -0.25) is 4.39 Å². The van der Waals surface area contributed by atoms with Crippen LogP contribution in [-0.2, 0) is 22.7 Å². The van der Waals surface area contributed by atoms with Crippen molar-refractivity contribution in [1.29, 1.82) is 0 Å². The van der Waals surface area contributed by atoms with E-state index in [1.54, 1.807) is 0 Å². The second-order valence-electron chi connectivity index (χ2n) is 6.82. The van der Waals surface area contributed by atoms with Crippen molar-refractivity contribution in [1.82, 2.24) is 0 Å². The summed E-state index contributed by atoms with van der Waals surface area (Å²) in [6.45, 7) is 0.126. The monoisotopic (exact) mass is 359 g/mol. The molecule has 0 aliphatic heterocycles. The maximum atomic E-state index is 13.6. The van der Waals surface area contributed by atoms with Crippen molar-refractivity contribution >= 4 is 0 Å². The van der Waals surface area contributed by atoms with Gasteiger partial charge in [-0.2, -0.15) is 0 Å². The van der Waals surface area contributed by atoms with Gasteiger partial charge in [-0.1, -0.05) is 60.7 Å². The molecule has 5 heteroatoms. The van der Waals surface area contributed by atoms with Gasteiger partial charge in [0.1, 0.15) is 6.10 Å². The Kier molecular flexibility index (Phi) is 6.74. The number of alkyl halides is 1. The summed E-state index contributed by atoms with van der Waals surface area (Å²) in [6.07, 6.45) is -1.58. The van der Waals surface area contributed by atoms with Crippen molar-refractivity contribution in [2.45, 2.75) is 44.0 Å². The van der Waals surface area contributed by atoms with E-state index in [0.29, 0.717) is 13.2 Å². The van der Waals surface area contributed by atoms with E-state index in [9.17, 15) is 9.50 Å². The lowest BCUT2D eigenvalue weighted by Gasteiger charge is -2.42. The molecule has 1 fully saturated rings. The molecule has 1 aliphatic rings. The minimum Gasteiger partial charge on any atom is -0.391 e. The molecule has 0 aromatic heterocycles. The minimum atomic E-state index is -0.798. The van der Waals surface area contributed by atoms with Crippen LogP contribution in [0.1, 0.15) is 17.5 Å². The van der Waals surface area contributed by atoms with Gasteiger partial charge in [-0.25, -0.2) is 0 Å². The summed E-state index contributed by atoms with van der Waals surface area (Å²) in [5.74, 6) is -0.436. The Bertz CT molecular complexity index is 611. The third kappa shape index (κ3) is 4.68. The van der Waals surface area contributed by atoms with E-state index in [4.69, 9.17) is 15.2 Å². The molecule has 0 heterocycles. The first kappa shape index (κ1) is 19.0. The second kappa shape index (κ2) is 9.24. The summed E-state index contributed by atoms with van der Waals surface area (Å²) in [5, 5.41) is 10.2. The number of hydrogen-bond acceptors (Lipinski definition) is 4. The standard InChI is InChI=1S/C21H26FNO3/c22-12-17-11-18(24)19(23)21(26-14-16-9-5-2-6-10-16)20(17)25-13-15-7-3-1-4-8-15/h1-10,17-21,24H,11-14,23H2/t17-,18+,19+,20-,21-/m1/s1. The zero-order valence-electron chi connectivity index (χ0n) is 14.7. The number of aliphatic hydroxyl groups excluding tert-OH is 1. The highest BCUT2D eigenvalue weighted by Gasteiger charge is 2.44. The molecule has 4 nitrogen and oxygen atoms in total. The van der Waals surface area contributed by atoms with E-state index in [0.717, 1.165) is 11.1 Å². The average Bonchev–Trinajstić information content (AvgIpc) is 2.69. The molecule has 0 bridgehead atoms. The molecule has 140 valence electrons. The topological polar surface area (TPSA) is 64.7 Å². The number of aliphatic hydroxyl groups is 1. The maximum Gasteiger partial charge on any atom is 0.102 e. The van der Waals surface area contributed by atoms with Crippen molar-refractivity contribution < 1.29 is 19.0 Å². The van der Waals surface area contributed by atoms with Crippen LogP contribution in [0.15, 0.2) is 60.7 Å². The molecule has 0 radical (unpaired) electrons. The predicted octanol–water partition coefficient (Wildman–Crippen LogP) is 2.83. The molecular weight excluding hydrogens is 333 g/mol. The van der Waals surface area contributed by atoms with E-state index in [-0.39, 0.29) is 6.42 Å². The molecule has 1 aliphatic carbocycles. The van der Waals surface area contributed by atoms with Gasteiger partial charge < -0.3 is 20.3 Å². The van der Waals surface area contributed by atoms with Crippen molar-refractivity contribution in [2.75, 3.05) is 6.67 Å². The number of halogens is 1. The maximum absolute atomic E-state index is 13.6. The van der Waals surface area contributed by atoms with Gasteiger partial charge in [0, 0.05) is 5.92 Å². The van der Waals surface area contributed by atoms with E-state index in [2.05, 4.69) is 0 Å². The summed E-state index contributed by atoms with van der Waals surface area (Å²) in [4.78, 5) is 0.